The van der Waals surface area contributed by atoms with Gasteiger partial charge in [-0.2, -0.15) is 5.10 Å². The molecule has 0 fully saturated rings. The number of aromatic hydroxyl groups is 1. The highest BCUT2D eigenvalue weighted by molar-refractivity contribution is 7.92. The molecule has 3 N–H and O–H groups in total. The molecule has 1 unspecified atom stereocenters. The Balaban J connectivity index is 2.02. The standard InChI is InChI=1S/C20H21N3O6S/c1-30(28,29)22-15-8-4-2-6-13(15)17-12-16(14-7-3-5-9-18(14)24)21-23(17)19(25)10-11-20(26)27/h2-9,17,22,24H,10-12H2,1H3,(H,26,27). The van der Waals surface area contributed by atoms with E-state index < -0.39 is 27.9 Å². The van der Waals surface area contributed by atoms with Gasteiger partial charge in [0.25, 0.3) is 0 Å². The highest BCUT2D eigenvalue weighted by Crippen LogP contribution is 2.38. The molecule has 1 aliphatic rings. The van der Waals surface area contributed by atoms with Crippen molar-refractivity contribution < 1.29 is 28.2 Å². The zero-order valence-electron chi connectivity index (χ0n) is 16.1. The molecule has 9 nitrogen and oxygen atoms in total. The van der Waals surface area contributed by atoms with Crippen molar-refractivity contribution in [3.8, 4) is 5.75 Å². The van der Waals surface area contributed by atoms with Crippen LogP contribution in [0.4, 0.5) is 5.69 Å². The first-order chi connectivity index (χ1) is 14.2. The summed E-state index contributed by atoms with van der Waals surface area (Å²) < 4.78 is 26.0. The number of hydrazone groups is 1. The smallest absolute Gasteiger partial charge is 0.303 e. The Hall–Kier alpha value is -3.40. The normalized spacial score (nSPS) is 16.2. The van der Waals surface area contributed by atoms with Crippen molar-refractivity contribution in [2.24, 2.45) is 5.10 Å². The molecule has 3 rings (SSSR count). The van der Waals surface area contributed by atoms with Gasteiger partial charge in [-0.25, -0.2) is 13.4 Å². The first-order valence-electron chi connectivity index (χ1n) is 9.12. The van der Waals surface area contributed by atoms with E-state index in [-0.39, 0.29) is 25.0 Å². The molecule has 0 spiro atoms. The first kappa shape index (κ1) is 21.3. The van der Waals surface area contributed by atoms with Crippen molar-refractivity contribution in [2.45, 2.75) is 25.3 Å². The van der Waals surface area contributed by atoms with Gasteiger partial charge in [-0.15, -0.1) is 0 Å². The number of carbonyl (C=O) groups is 2. The third-order valence-corrected chi connectivity index (χ3v) is 5.14. The second-order valence-electron chi connectivity index (χ2n) is 6.88. The van der Waals surface area contributed by atoms with E-state index in [1.165, 1.54) is 11.1 Å². The van der Waals surface area contributed by atoms with Crippen molar-refractivity contribution in [3.05, 3.63) is 59.7 Å². The van der Waals surface area contributed by atoms with Gasteiger partial charge >= 0.3 is 5.97 Å². The molecule has 1 amide bonds. The highest BCUT2D eigenvalue weighted by Gasteiger charge is 2.35. The van der Waals surface area contributed by atoms with Crippen LogP contribution in [0, 0.1) is 0 Å². The number of carboxylic acid groups (broad SMARTS) is 1. The minimum absolute atomic E-state index is 0.00242. The van der Waals surface area contributed by atoms with Gasteiger partial charge in [0.2, 0.25) is 15.9 Å². The summed E-state index contributed by atoms with van der Waals surface area (Å²) in [6.07, 6.45) is 0.634. The number of carboxylic acids is 1. The third-order valence-electron chi connectivity index (χ3n) is 4.55. The van der Waals surface area contributed by atoms with Crippen LogP contribution in [-0.2, 0) is 19.6 Å². The van der Waals surface area contributed by atoms with Crippen LogP contribution in [0.2, 0.25) is 0 Å². The van der Waals surface area contributed by atoms with E-state index in [2.05, 4.69) is 9.82 Å². The van der Waals surface area contributed by atoms with E-state index in [4.69, 9.17) is 5.11 Å². The van der Waals surface area contributed by atoms with E-state index >= 15 is 0 Å². The zero-order chi connectivity index (χ0) is 21.9. The number of aliphatic carboxylic acids is 1. The van der Waals surface area contributed by atoms with Gasteiger partial charge in [-0.05, 0) is 18.2 Å². The van der Waals surface area contributed by atoms with Gasteiger partial charge in [0, 0.05) is 24.0 Å². The summed E-state index contributed by atoms with van der Waals surface area (Å²) in [6.45, 7) is 0. The fraction of sp³-hybridized carbons (Fsp3) is 0.250. The SMILES string of the molecule is CS(=O)(=O)Nc1ccccc1C1CC(c2ccccc2O)=NN1C(=O)CCC(=O)O. The quantitative estimate of drug-likeness (QED) is 0.615. The van der Waals surface area contributed by atoms with Crippen LogP contribution in [0.5, 0.6) is 5.75 Å². The summed E-state index contributed by atoms with van der Waals surface area (Å²) in [5.74, 6) is -1.62. The fourth-order valence-electron chi connectivity index (χ4n) is 3.27. The van der Waals surface area contributed by atoms with Crippen LogP contribution in [0.15, 0.2) is 53.6 Å². The Bertz CT molecular complexity index is 1110. The minimum atomic E-state index is -3.57. The Kier molecular flexibility index (Phi) is 6.06. The molecule has 0 aromatic heterocycles. The number of amides is 1. The Morgan fingerprint density at radius 3 is 2.47 bits per heavy atom. The molecule has 0 aliphatic carbocycles. The number of para-hydroxylation sites is 2. The van der Waals surface area contributed by atoms with E-state index in [0.717, 1.165) is 6.26 Å². The maximum atomic E-state index is 12.7. The van der Waals surface area contributed by atoms with Gasteiger partial charge in [0.15, 0.2) is 0 Å². The van der Waals surface area contributed by atoms with Crippen LogP contribution >= 0.6 is 0 Å². The summed E-state index contributed by atoms with van der Waals surface area (Å²) in [5.41, 5.74) is 1.70. The molecule has 1 aliphatic heterocycles. The van der Waals surface area contributed by atoms with Crippen molar-refractivity contribution in [1.29, 1.82) is 0 Å². The molecular weight excluding hydrogens is 410 g/mol. The number of nitrogens with one attached hydrogen (secondary N) is 1. The average molecular weight is 431 g/mol. The molecule has 0 radical (unpaired) electrons. The molecule has 0 saturated heterocycles. The van der Waals surface area contributed by atoms with Gasteiger partial charge in [-0.3, -0.25) is 14.3 Å². The molecule has 10 heteroatoms. The number of carbonyl (C=O) groups excluding carboxylic acids is 1. The molecule has 0 saturated carbocycles. The predicted octanol–water partition coefficient (Wildman–Crippen LogP) is 2.31. The maximum Gasteiger partial charge on any atom is 0.303 e. The third kappa shape index (κ3) is 4.95. The van der Waals surface area contributed by atoms with Crippen molar-refractivity contribution in [1.82, 2.24) is 5.01 Å². The number of hydrogen-bond donors (Lipinski definition) is 3. The second kappa shape index (κ2) is 8.54. The van der Waals surface area contributed by atoms with E-state index in [1.54, 1.807) is 42.5 Å². The molecule has 158 valence electrons. The lowest BCUT2D eigenvalue weighted by Crippen LogP contribution is -2.28. The van der Waals surface area contributed by atoms with Gasteiger partial charge in [0.05, 0.1) is 30.1 Å². The van der Waals surface area contributed by atoms with Gasteiger partial charge in [0.1, 0.15) is 5.75 Å². The van der Waals surface area contributed by atoms with E-state index in [9.17, 15) is 23.1 Å². The van der Waals surface area contributed by atoms with E-state index in [1.807, 2.05) is 0 Å². The average Bonchev–Trinajstić information content (AvgIpc) is 3.10. The largest absolute Gasteiger partial charge is 0.507 e. The van der Waals surface area contributed by atoms with Crippen LogP contribution < -0.4 is 4.72 Å². The molecule has 1 heterocycles. The number of benzene rings is 2. The summed E-state index contributed by atoms with van der Waals surface area (Å²) in [4.78, 5) is 23.6. The Labute approximate surface area is 173 Å². The molecule has 2 aromatic rings. The Morgan fingerprint density at radius 2 is 1.80 bits per heavy atom. The Morgan fingerprint density at radius 1 is 1.13 bits per heavy atom. The number of hydrogen-bond acceptors (Lipinski definition) is 6. The lowest BCUT2D eigenvalue weighted by atomic mass is 9.96. The molecule has 2 aromatic carbocycles. The zero-order valence-corrected chi connectivity index (χ0v) is 17.0. The molecular formula is C20H21N3O6S. The fourth-order valence-corrected chi connectivity index (χ4v) is 3.86. The summed E-state index contributed by atoms with van der Waals surface area (Å²) >= 11 is 0. The highest BCUT2D eigenvalue weighted by atomic mass is 32.2. The van der Waals surface area contributed by atoms with Crippen LogP contribution in [0.25, 0.3) is 0 Å². The number of anilines is 1. The number of phenols is 1. The number of sulfonamides is 1. The number of nitrogens with zero attached hydrogens (tertiary/aromatic N) is 2. The van der Waals surface area contributed by atoms with Crippen LogP contribution in [0.1, 0.15) is 36.4 Å². The van der Waals surface area contributed by atoms with Crippen LogP contribution in [0.3, 0.4) is 0 Å². The number of phenolic OH excluding ortho intramolecular Hbond substituents is 1. The van der Waals surface area contributed by atoms with Gasteiger partial charge < -0.3 is 10.2 Å². The molecule has 0 bridgehead atoms. The summed E-state index contributed by atoms with van der Waals surface area (Å²) in [5, 5.41) is 24.6. The van der Waals surface area contributed by atoms with E-state index in [0.29, 0.717) is 22.5 Å². The van der Waals surface area contributed by atoms with Crippen LogP contribution in [-0.4, -0.2) is 47.5 Å². The molecule has 30 heavy (non-hydrogen) atoms. The van der Waals surface area contributed by atoms with Crippen molar-refractivity contribution >= 4 is 33.3 Å². The topological polar surface area (TPSA) is 136 Å². The maximum absolute atomic E-state index is 12.7. The monoisotopic (exact) mass is 431 g/mol. The molecule has 1 atom stereocenters. The minimum Gasteiger partial charge on any atom is -0.507 e. The van der Waals surface area contributed by atoms with Gasteiger partial charge in [-0.1, -0.05) is 30.3 Å². The number of rotatable bonds is 7. The van der Waals surface area contributed by atoms with Crippen molar-refractivity contribution in [3.63, 3.8) is 0 Å². The van der Waals surface area contributed by atoms with Crippen molar-refractivity contribution in [2.75, 3.05) is 11.0 Å². The summed E-state index contributed by atoms with van der Waals surface area (Å²) in [7, 11) is -3.57. The predicted molar refractivity (Wildman–Crippen MR) is 111 cm³/mol. The lowest BCUT2D eigenvalue weighted by Gasteiger charge is -2.24. The summed E-state index contributed by atoms with van der Waals surface area (Å²) in [6, 6.07) is 12.5. The first-order valence-corrected chi connectivity index (χ1v) is 11.0. The lowest BCUT2D eigenvalue weighted by molar-refractivity contribution is -0.141. The second-order valence-corrected chi connectivity index (χ2v) is 8.63.